The molecule has 6 heterocycles. The van der Waals surface area contributed by atoms with E-state index in [2.05, 4.69) is 13.8 Å². The molecule has 0 aliphatic carbocycles. The Morgan fingerprint density at radius 3 is 1.74 bits per heavy atom. The maximum atomic E-state index is 9.73. The molecule has 6 aliphatic rings. The van der Waals surface area contributed by atoms with Crippen LogP contribution < -0.4 is 0 Å². The summed E-state index contributed by atoms with van der Waals surface area (Å²) in [6.07, 6.45) is -1.82. The third-order valence-electron chi connectivity index (χ3n) is 9.95. The molecule has 228 valence electrons. The van der Waals surface area contributed by atoms with Crippen molar-refractivity contribution in [3.63, 3.8) is 0 Å². The van der Waals surface area contributed by atoms with Crippen molar-refractivity contribution in [2.75, 3.05) is 26.2 Å². The lowest BCUT2D eigenvalue weighted by Crippen LogP contribution is -2.52. The number of aliphatic hydroxyl groups is 9. The monoisotopic (exact) mass is 561 g/mol. The van der Waals surface area contributed by atoms with Crippen molar-refractivity contribution in [2.24, 2.45) is 5.92 Å². The minimum atomic E-state index is -0.787. The molecule has 9 N–H and O–H groups in total. The van der Waals surface area contributed by atoms with Crippen molar-refractivity contribution in [2.45, 2.75) is 138 Å². The molecule has 0 saturated carbocycles. The molecule has 39 heavy (non-hydrogen) atoms. The van der Waals surface area contributed by atoms with Gasteiger partial charge in [-0.15, -0.1) is 0 Å². The van der Waals surface area contributed by atoms with E-state index in [1.807, 2.05) is 21.6 Å². The minimum Gasteiger partial charge on any atom is -0.391 e. The fourth-order valence-corrected chi connectivity index (χ4v) is 7.75. The Morgan fingerprint density at radius 2 is 1.10 bits per heavy atom. The Kier molecular flexibility index (Phi) is 10.3. The third kappa shape index (κ3) is 6.32. The fraction of sp³-hybridized carbons (Fsp3) is 1.00. The van der Waals surface area contributed by atoms with Crippen LogP contribution in [-0.4, -0.2) is 172 Å². The van der Waals surface area contributed by atoms with Gasteiger partial charge < -0.3 is 46.0 Å². The first-order valence-electron chi connectivity index (χ1n) is 14.7. The van der Waals surface area contributed by atoms with Crippen LogP contribution in [0.1, 0.15) is 52.9 Å². The summed E-state index contributed by atoms with van der Waals surface area (Å²) in [5.41, 5.74) is 0. The first kappa shape index (κ1) is 31.5. The molecular formula is C27H51N3O9. The van der Waals surface area contributed by atoms with E-state index in [1.165, 1.54) is 0 Å². The number of hydrogen-bond donors (Lipinski definition) is 9. The van der Waals surface area contributed by atoms with Crippen molar-refractivity contribution >= 4 is 0 Å². The second-order valence-corrected chi connectivity index (χ2v) is 12.8. The van der Waals surface area contributed by atoms with Crippen LogP contribution in [0.5, 0.6) is 0 Å². The number of piperidine rings is 3. The van der Waals surface area contributed by atoms with Crippen LogP contribution >= 0.6 is 0 Å². The normalized spacial score (nSPS) is 52.2. The van der Waals surface area contributed by atoms with Gasteiger partial charge >= 0.3 is 0 Å². The van der Waals surface area contributed by atoms with Crippen LogP contribution in [0.25, 0.3) is 0 Å². The first-order valence-corrected chi connectivity index (χ1v) is 14.7. The lowest BCUT2D eigenvalue weighted by molar-refractivity contribution is -0.0422. The Bertz CT molecular complexity index is 792. The van der Waals surface area contributed by atoms with Gasteiger partial charge in [-0.3, -0.25) is 14.7 Å². The zero-order valence-electron chi connectivity index (χ0n) is 23.4. The number of hydrogen-bond acceptors (Lipinski definition) is 12. The summed E-state index contributed by atoms with van der Waals surface area (Å²) in [6.45, 7) is 8.77. The lowest BCUT2D eigenvalue weighted by atomic mass is 9.91. The molecule has 15 atom stereocenters. The average molecular weight is 562 g/mol. The summed E-state index contributed by atoms with van der Waals surface area (Å²) in [5.74, 6) is 0.448. The first-order chi connectivity index (χ1) is 18.3. The second-order valence-electron chi connectivity index (χ2n) is 12.8. The molecule has 0 aromatic rings. The van der Waals surface area contributed by atoms with E-state index in [0.29, 0.717) is 25.0 Å². The molecule has 6 aliphatic heterocycles. The van der Waals surface area contributed by atoms with E-state index in [-0.39, 0.29) is 24.2 Å². The second kappa shape index (κ2) is 12.8. The van der Waals surface area contributed by atoms with E-state index in [0.717, 1.165) is 45.2 Å². The SMILES string of the molecule is CC1CC[C@@H](O)[C@@H]2[C@H](O)[C@H](O)CN12.CC1C[C@@H](O)[C@@H]2[C@H](O)[C@H](O)CN2C1.CC1[C@@H](O)[C@@H](O)[C@H]2[C@H](O)CCCN12. The molecule has 3 unspecified atom stereocenters. The average Bonchev–Trinajstić information content (AvgIpc) is 3.43. The van der Waals surface area contributed by atoms with Crippen molar-refractivity contribution in [1.82, 2.24) is 14.7 Å². The van der Waals surface area contributed by atoms with Gasteiger partial charge in [-0.05, 0) is 58.4 Å². The molecule has 6 saturated heterocycles. The van der Waals surface area contributed by atoms with Crippen LogP contribution in [0, 0.1) is 5.92 Å². The fourth-order valence-electron chi connectivity index (χ4n) is 7.75. The third-order valence-corrected chi connectivity index (χ3v) is 9.95. The molecule has 6 rings (SSSR count). The number of fused-ring (bicyclic) bond motifs is 3. The van der Waals surface area contributed by atoms with Gasteiger partial charge in [-0.25, -0.2) is 0 Å². The van der Waals surface area contributed by atoms with Gasteiger partial charge in [0.15, 0.2) is 0 Å². The maximum Gasteiger partial charge on any atom is 0.0994 e. The smallest absolute Gasteiger partial charge is 0.0994 e. The molecule has 0 bridgehead atoms. The van der Waals surface area contributed by atoms with Crippen LogP contribution in [0.15, 0.2) is 0 Å². The van der Waals surface area contributed by atoms with E-state index in [4.69, 9.17) is 0 Å². The highest BCUT2D eigenvalue weighted by molar-refractivity contribution is 5.04. The Labute approximate surface area is 231 Å². The highest BCUT2D eigenvalue weighted by Gasteiger charge is 2.50. The van der Waals surface area contributed by atoms with E-state index < -0.39 is 54.9 Å². The number of rotatable bonds is 0. The van der Waals surface area contributed by atoms with Gasteiger partial charge in [0, 0.05) is 31.7 Å². The van der Waals surface area contributed by atoms with Crippen molar-refractivity contribution < 1.29 is 46.0 Å². The van der Waals surface area contributed by atoms with Crippen LogP contribution in [0.2, 0.25) is 0 Å². The molecule has 12 nitrogen and oxygen atoms in total. The molecule has 0 radical (unpaired) electrons. The van der Waals surface area contributed by atoms with Gasteiger partial charge in [-0.1, -0.05) is 6.92 Å². The largest absolute Gasteiger partial charge is 0.391 e. The Balaban J connectivity index is 0.000000136. The number of nitrogens with zero attached hydrogens (tertiary/aromatic N) is 3. The maximum absolute atomic E-state index is 9.73. The van der Waals surface area contributed by atoms with E-state index >= 15 is 0 Å². The lowest BCUT2D eigenvalue weighted by Gasteiger charge is -2.39. The molecule has 0 spiro atoms. The number of aliphatic hydroxyl groups excluding tert-OH is 9. The molecule has 0 aromatic carbocycles. The zero-order valence-corrected chi connectivity index (χ0v) is 23.4. The van der Waals surface area contributed by atoms with Crippen molar-refractivity contribution in [3.8, 4) is 0 Å². The van der Waals surface area contributed by atoms with Gasteiger partial charge in [-0.2, -0.15) is 0 Å². The molecule has 12 heteroatoms. The standard InChI is InChI=1S/3C9H17NO3/c1-5-2-6(11)8-9(13)7(12)4-10(8)3-5;1-5-2-3-6(11)8-9(13)7(12)4-10(5)8;1-5-8(12)9(13)7-6(11)3-2-4-10(5)7/h3*5-9,11-13H,2-4H2,1H3/t2*5?,6-,7-,8-,9-;5?,6-,7-,8-,9+/m111/s1. The zero-order chi connectivity index (χ0) is 28.8. The van der Waals surface area contributed by atoms with Gasteiger partial charge in [0.05, 0.1) is 73.1 Å². The topological polar surface area (TPSA) is 192 Å². The van der Waals surface area contributed by atoms with Crippen molar-refractivity contribution in [3.05, 3.63) is 0 Å². The highest BCUT2D eigenvalue weighted by atomic mass is 16.4. The summed E-state index contributed by atoms with van der Waals surface area (Å²) in [5, 5.41) is 86.5. The molecular weight excluding hydrogens is 510 g/mol. The predicted octanol–water partition coefficient (Wildman–Crippen LogP) is -3.34. The molecule has 0 aromatic heterocycles. The van der Waals surface area contributed by atoms with Crippen LogP contribution in [0.3, 0.4) is 0 Å². The van der Waals surface area contributed by atoms with Gasteiger partial charge in [0.25, 0.3) is 0 Å². The summed E-state index contributed by atoms with van der Waals surface area (Å²) in [4.78, 5) is 6.03. The quantitative estimate of drug-likeness (QED) is 0.143. The minimum absolute atomic E-state index is 0.0325. The van der Waals surface area contributed by atoms with Crippen LogP contribution in [-0.2, 0) is 0 Å². The molecule has 6 fully saturated rings. The Morgan fingerprint density at radius 1 is 0.513 bits per heavy atom. The summed E-state index contributed by atoms with van der Waals surface area (Å²) < 4.78 is 0. The van der Waals surface area contributed by atoms with E-state index in [9.17, 15) is 46.0 Å². The molecule has 0 amide bonds. The summed E-state index contributed by atoms with van der Waals surface area (Å²) in [6, 6.07) is -0.418. The van der Waals surface area contributed by atoms with Crippen molar-refractivity contribution in [1.29, 1.82) is 0 Å². The van der Waals surface area contributed by atoms with E-state index in [1.54, 1.807) is 0 Å². The summed E-state index contributed by atoms with van der Waals surface area (Å²) >= 11 is 0. The predicted molar refractivity (Wildman–Crippen MR) is 142 cm³/mol. The van der Waals surface area contributed by atoms with Gasteiger partial charge in [0.1, 0.15) is 0 Å². The Hall–Kier alpha value is -0.480. The summed E-state index contributed by atoms with van der Waals surface area (Å²) in [7, 11) is 0. The highest BCUT2D eigenvalue weighted by Crippen LogP contribution is 2.33. The van der Waals surface area contributed by atoms with Crippen LogP contribution in [0.4, 0.5) is 0 Å². The van der Waals surface area contributed by atoms with Gasteiger partial charge in [0.2, 0.25) is 0 Å².